The Bertz CT molecular complexity index is 704. The van der Waals surface area contributed by atoms with Crippen molar-refractivity contribution in [1.29, 1.82) is 0 Å². The molecule has 0 aliphatic rings. The molecule has 0 radical (unpaired) electrons. The van der Waals surface area contributed by atoms with E-state index in [1.165, 1.54) is 6.07 Å². The molecule has 0 saturated heterocycles. The van der Waals surface area contributed by atoms with Gasteiger partial charge in [-0.3, -0.25) is 14.9 Å². The van der Waals surface area contributed by atoms with Crippen LogP contribution >= 0.6 is 15.9 Å². The van der Waals surface area contributed by atoms with Crippen molar-refractivity contribution in [2.24, 2.45) is 0 Å². The number of rotatable bonds is 4. The van der Waals surface area contributed by atoms with Crippen molar-refractivity contribution in [2.45, 2.75) is 13.3 Å². The molecule has 108 valence electrons. The number of nitrogens with zero attached hydrogens (tertiary/aromatic N) is 2. The Hall–Kier alpha value is -2.28. The van der Waals surface area contributed by atoms with E-state index in [0.29, 0.717) is 27.8 Å². The fourth-order valence-corrected chi connectivity index (χ4v) is 2.29. The lowest BCUT2D eigenvalue weighted by molar-refractivity contribution is -0.385. The Balaban J connectivity index is 2.28. The number of carbonyl (C=O) groups is 1. The summed E-state index contributed by atoms with van der Waals surface area (Å²) in [4.78, 5) is 26.7. The molecule has 6 nitrogen and oxygen atoms in total. The average Bonchev–Trinajstić information content (AvgIpc) is 2.47. The van der Waals surface area contributed by atoms with Crippen molar-refractivity contribution in [3.05, 3.63) is 62.4 Å². The van der Waals surface area contributed by atoms with Crippen LogP contribution in [0.3, 0.4) is 0 Å². The molecule has 0 aliphatic heterocycles. The standard InChI is InChI=1S/C14H12BrN3O3/c1-2-9-5-6-10(8-12(9)18(20)21)17-14(19)11-4-3-7-16-13(11)15/h3-8H,2H2,1H3,(H,17,19). The Morgan fingerprint density at radius 1 is 1.43 bits per heavy atom. The van der Waals surface area contributed by atoms with Crippen LogP contribution in [0.4, 0.5) is 11.4 Å². The summed E-state index contributed by atoms with van der Waals surface area (Å²) in [6, 6.07) is 7.91. The van der Waals surface area contributed by atoms with Gasteiger partial charge in [0.15, 0.2) is 0 Å². The second-order valence-corrected chi connectivity index (χ2v) is 5.00. The van der Waals surface area contributed by atoms with E-state index >= 15 is 0 Å². The third-order valence-corrected chi connectivity index (χ3v) is 3.56. The molecule has 0 spiro atoms. The molecule has 1 heterocycles. The van der Waals surface area contributed by atoms with Crippen LogP contribution in [0, 0.1) is 10.1 Å². The summed E-state index contributed by atoms with van der Waals surface area (Å²) in [6.07, 6.45) is 2.11. The zero-order chi connectivity index (χ0) is 15.4. The number of hydrogen-bond acceptors (Lipinski definition) is 4. The van der Waals surface area contributed by atoms with Gasteiger partial charge in [-0.2, -0.15) is 0 Å². The zero-order valence-corrected chi connectivity index (χ0v) is 12.8. The molecule has 0 atom stereocenters. The second-order valence-electron chi connectivity index (χ2n) is 4.25. The van der Waals surface area contributed by atoms with Gasteiger partial charge in [0.2, 0.25) is 0 Å². The first-order chi connectivity index (χ1) is 10.0. The van der Waals surface area contributed by atoms with Crippen LogP contribution in [0.5, 0.6) is 0 Å². The fraction of sp³-hybridized carbons (Fsp3) is 0.143. The number of aromatic nitrogens is 1. The number of carbonyl (C=O) groups excluding carboxylic acids is 1. The molecule has 21 heavy (non-hydrogen) atoms. The van der Waals surface area contributed by atoms with Gasteiger partial charge in [-0.15, -0.1) is 0 Å². The molecule has 2 rings (SSSR count). The summed E-state index contributed by atoms with van der Waals surface area (Å²) >= 11 is 3.19. The number of pyridine rings is 1. The highest BCUT2D eigenvalue weighted by Gasteiger charge is 2.15. The van der Waals surface area contributed by atoms with E-state index in [4.69, 9.17) is 0 Å². The first kappa shape index (κ1) is 15.1. The molecular formula is C14H12BrN3O3. The van der Waals surface area contributed by atoms with Crippen molar-refractivity contribution < 1.29 is 9.72 Å². The minimum absolute atomic E-state index is 0.000511. The quantitative estimate of drug-likeness (QED) is 0.519. The minimum atomic E-state index is -0.450. The molecule has 2 aromatic rings. The number of benzene rings is 1. The lowest BCUT2D eigenvalue weighted by atomic mass is 10.1. The Morgan fingerprint density at radius 2 is 2.19 bits per heavy atom. The van der Waals surface area contributed by atoms with Crippen LogP contribution in [0.2, 0.25) is 0 Å². The Labute approximate surface area is 129 Å². The van der Waals surface area contributed by atoms with Crippen molar-refractivity contribution in [1.82, 2.24) is 4.98 Å². The molecule has 0 bridgehead atoms. The molecule has 1 N–H and O–H groups in total. The van der Waals surface area contributed by atoms with Crippen LogP contribution in [-0.4, -0.2) is 15.8 Å². The van der Waals surface area contributed by atoms with E-state index in [9.17, 15) is 14.9 Å². The number of nitro benzene ring substituents is 1. The van der Waals surface area contributed by atoms with Crippen molar-refractivity contribution in [3.8, 4) is 0 Å². The van der Waals surface area contributed by atoms with Gasteiger partial charge in [-0.05, 0) is 40.5 Å². The lowest BCUT2D eigenvalue weighted by Gasteiger charge is -2.07. The first-order valence-corrected chi connectivity index (χ1v) is 7.01. The third-order valence-electron chi connectivity index (χ3n) is 2.92. The zero-order valence-electron chi connectivity index (χ0n) is 11.2. The van der Waals surface area contributed by atoms with Crippen LogP contribution < -0.4 is 5.32 Å². The summed E-state index contributed by atoms with van der Waals surface area (Å²) in [5.41, 5.74) is 1.36. The van der Waals surface area contributed by atoms with Gasteiger partial charge in [0, 0.05) is 23.5 Å². The number of halogens is 1. The second kappa shape index (κ2) is 6.45. The number of nitro groups is 1. The third kappa shape index (κ3) is 3.43. The highest BCUT2D eigenvalue weighted by molar-refractivity contribution is 9.10. The highest BCUT2D eigenvalue weighted by Crippen LogP contribution is 2.24. The topological polar surface area (TPSA) is 85.1 Å². The number of aryl methyl sites for hydroxylation is 1. The smallest absolute Gasteiger partial charge is 0.274 e. The summed E-state index contributed by atoms with van der Waals surface area (Å²) in [5, 5.41) is 13.7. The molecule has 1 amide bonds. The van der Waals surface area contributed by atoms with Crippen molar-refractivity contribution in [3.63, 3.8) is 0 Å². The van der Waals surface area contributed by atoms with E-state index in [1.807, 2.05) is 6.92 Å². The van der Waals surface area contributed by atoms with E-state index in [1.54, 1.807) is 30.5 Å². The average molecular weight is 350 g/mol. The summed E-state index contributed by atoms with van der Waals surface area (Å²) in [5.74, 6) is -0.381. The molecule has 0 saturated carbocycles. The first-order valence-electron chi connectivity index (χ1n) is 6.22. The molecule has 0 fully saturated rings. The maximum absolute atomic E-state index is 12.1. The number of hydrogen-bond donors (Lipinski definition) is 1. The Morgan fingerprint density at radius 3 is 2.81 bits per heavy atom. The largest absolute Gasteiger partial charge is 0.322 e. The number of anilines is 1. The fourth-order valence-electron chi connectivity index (χ4n) is 1.86. The molecule has 1 aromatic heterocycles. The van der Waals surface area contributed by atoms with Crippen LogP contribution in [0.15, 0.2) is 41.1 Å². The predicted molar refractivity (Wildman–Crippen MR) is 82.4 cm³/mol. The van der Waals surface area contributed by atoms with Gasteiger partial charge in [0.25, 0.3) is 11.6 Å². The van der Waals surface area contributed by atoms with Crippen LogP contribution in [0.25, 0.3) is 0 Å². The van der Waals surface area contributed by atoms with E-state index in [0.717, 1.165) is 0 Å². The SMILES string of the molecule is CCc1ccc(NC(=O)c2cccnc2Br)cc1[N+](=O)[O-]. The van der Waals surface area contributed by atoms with Gasteiger partial charge in [0.05, 0.1) is 10.5 Å². The van der Waals surface area contributed by atoms with Gasteiger partial charge in [0.1, 0.15) is 4.60 Å². The predicted octanol–water partition coefficient (Wildman–Crippen LogP) is 3.57. The molecule has 1 aromatic carbocycles. The maximum Gasteiger partial charge on any atom is 0.274 e. The van der Waals surface area contributed by atoms with Crippen molar-refractivity contribution >= 4 is 33.2 Å². The molecule has 0 aliphatic carbocycles. The van der Waals surface area contributed by atoms with Crippen LogP contribution in [-0.2, 0) is 6.42 Å². The monoisotopic (exact) mass is 349 g/mol. The van der Waals surface area contributed by atoms with E-state index < -0.39 is 4.92 Å². The lowest BCUT2D eigenvalue weighted by Crippen LogP contribution is -2.13. The van der Waals surface area contributed by atoms with E-state index in [-0.39, 0.29) is 11.6 Å². The minimum Gasteiger partial charge on any atom is -0.322 e. The normalized spacial score (nSPS) is 10.2. The van der Waals surface area contributed by atoms with Gasteiger partial charge < -0.3 is 5.32 Å². The summed E-state index contributed by atoms with van der Waals surface area (Å²) in [7, 11) is 0. The number of nitrogens with one attached hydrogen (secondary N) is 1. The van der Waals surface area contributed by atoms with Gasteiger partial charge >= 0.3 is 0 Å². The highest BCUT2D eigenvalue weighted by atomic mass is 79.9. The number of amides is 1. The van der Waals surface area contributed by atoms with Gasteiger partial charge in [-0.1, -0.05) is 13.0 Å². The van der Waals surface area contributed by atoms with Crippen molar-refractivity contribution in [2.75, 3.05) is 5.32 Å². The summed E-state index contributed by atoms with van der Waals surface area (Å²) in [6.45, 7) is 1.84. The molecule has 0 unspecified atom stereocenters. The van der Waals surface area contributed by atoms with Gasteiger partial charge in [-0.25, -0.2) is 4.98 Å². The molecular weight excluding hydrogens is 338 g/mol. The maximum atomic E-state index is 12.1. The Kier molecular flexibility index (Phi) is 4.64. The van der Waals surface area contributed by atoms with Crippen LogP contribution in [0.1, 0.15) is 22.8 Å². The van der Waals surface area contributed by atoms with E-state index in [2.05, 4.69) is 26.2 Å². The summed E-state index contributed by atoms with van der Waals surface area (Å²) < 4.78 is 0.419. The molecule has 7 heteroatoms.